The molecule has 0 unspecified atom stereocenters. The van der Waals surface area contributed by atoms with Crippen molar-refractivity contribution < 1.29 is 0 Å². The zero-order chi connectivity index (χ0) is 20.0. The van der Waals surface area contributed by atoms with E-state index in [1.165, 1.54) is 16.4 Å². The maximum Gasteiger partial charge on any atom is 0.347 e. The molecule has 28 heavy (non-hydrogen) atoms. The van der Waals surface area contributed by atoms with Crippen LogP contribution in [0.2, 0.25) is 20.1 Å². The number of thioether (sulfide) groups is 1. The summed E-state index contributed by atoms with van der Waals surface area (Å²) in [6, 6.07) is 10.3. The molecule has 0 amide bonds. The standard InChI is InChI=1S/C18H10Cl4N4OS/c1-28-17-13-14(9-4-2-3-5-10(9)20)23-18(27)24-16(13)26(25-17)15-11(21)6-8(19)7-12(15)22/h2-7H,1H3,(H,23,24,27). The minimum atomic E-state index is -0.544. The van der Waals surface area contributed by atoms with Gasteiger partial charge in [0.25, 0.3) is 0 Å². The number of hydrogen-bond donors (Lipinski definition) is 1. The van der Waals surface area contributed by atoms with Gasteiger partial charge in [0, 0.05) is 15.6 Å². The fraction of sp³-hybridized carbons (Fsp3) is 0.0556. The molecule has 142 valence electrons. The van der Waals surface area contributed by atoms with Crippen LogP contribution in [0.3, 0.4) is 0 Å². The average Bonchev–Trinajstić information content (AvgIpc) is 2.99. The number of benzene rings is 2. The highest BCUT2D eigenvalue weighted by Crippen LogP contribution is 2.39. The lowest BCUT2D eigenvalue weighted by molar-refractivity contribution is 0.850. The molecule has 0 aliphatic rings. The van der Waals surface area contributed by atoms with E-state index in [4.69, 9.17) is 46.4 Å². The van der Waals surface area contributed by atoms with E-state index in [1.54, 1.807) is 18.2 Å². The van der Waals surface area contributed by atoms with Gasteiger partial charge in [0.15, 0.2) is 5.65 Å². The highest BCUT2D eigenvalue weighted by Gasteiger charge is 2.22. The molecule has 1 N–H and O–H groups in total. The SMILES string of the molecule is CSc1nn(-c2c(Cl)cc(Cl)cc2Cl)c2nc(=O)[nH]c(-c3ccccc3Cl)c12. The molecule has 0 fully saturated rings. The number of H-pyrrole nitrogens is 1. The zero-order valence-corrected chi connectivity index (χ0v) is 18.0. The molecule has 0 saturated carbocycles. The number of halogens is 4. The third-order valence-electron chi connectivity index (χ3n) is 4.05. The van der Waals surface area contributed by atoms with Crippen LogP contribution in [0, 0.1) is 0 Å². The summed E-state index contributed by atoms with van der Waals surface area (Å²) < 4.78 is 1.46. The van der Waals surface area contributed by atoms with Crippen LogP contribution in [0.5, 0.6) is 0 Å². The number of nitrogens with zero attached hydrogens (tertiary/aromatic N) is 3. The lowest BCUT2D eigenvalue weighted by Crippen LogP contribution is -2.13. The summed E-state index contributed by atoms with van der Waals surface area (Å²) in [5.41, 5.74) is 1.35. The predicted molar refractivity (Wildman–Crippen MR) is 117 cm³/mol. The Labute approximate surface area is 183 Å². The molecule has 4 aromatic rings. The summed E-state index contributed by atoms with van der Waals surface area (Å²) in [5.74, 6) is 0. The number of nitrogens with one attached hydrogen (secondary N) is 1. The van der Waals surface area contributed by atoms with E-state index in [0.29, 0.717) is 43.0 Å². The number of rotatable bonds is 3. The zero-order valence-electron chi connectivity index (χ0n) is 14.1. The second-order valence-corrected chi connectivity index (χ2v) is 8.19. The van der Waals surface area contributed by atoms with E-state index in [-0.39, 0.29) is 10.0 Å². The molecule has 0 bridgehead atoms. The van der Waals surface area contributed by atoms with Crippen molar-refractivity contribution in [2.45, 2.75) is 5.03 Å². The second-order valence-electron chi connectivity index (χ2n) is 5.73. The summed E-state index contributed by atoms with van der Waals surface area (Å²) in [4.78, 5) is 19.3. The van der Waals surface area contributed by atoms with Crippen LogP contribution in [0.4, 0.5) is 0 Å². The topological polar surface area (TPSA) is 63.6 Å². The van der Waals surface area contributed by atoms with Gasteiger partial charge in [-0.25, -0.2) is 9.48 Å². The van der Waals surface area contributed by atoms with Crippen molar-refractivity contribution in [3.63, 3.8) is 0 Å². The number of fused-ring (bicyclic) bond motifs is 1. The van der Waals surface area contributed by atoms with Crippen LogP contribution in [-0.4, -0.2) is 26.0 Å². The first kappa shape index (κ1) is 19.6. The normalized spacial score (nSPS) is 11.3. The highest BCUT2D eigenvalue weighted by molar-refractivity contribution is 7.98. The first-order valence-corrected chi connectivity index (χ1v) is 10.6. The quantitative estimate of drug-likeness (QED) is 0.366. The lowest BCUT2D eigenvalue weighted by Gasteiger charge is -2.09. The van der Waals surface area contributed by atoms with Crippen LogP contribution >= 0.6 is 58.2 Å². The van der Waals surface area contributed by atoms with E-state index >= 15 is 0 Å². The van der Waals surface area contributed by atoms with Crippen LogP contribution in [0.15, 0.2) is 46.2 Å². The molecule has 0 saturated heterocycles. The molecule has 0 aliphatic heterocycles. The van der Waals surface area contributed by atoms with E-state index in [0.717, 1.165) is 0 Å². The largest absolute Gasteiger partial charge is 0.347 e. The van der Waals surface area contributed by atoms with Gasteiger partial charge in [0.2, 0.25) is 0 Å². The lowest BCUT2D eigenvalue weighted by atomic mass is 10.1. The van der Waals surface area contributed by atoms with Crippen molar-refractivity contribution in [1.82, 2.24) is 19.7 Å². The van der Waals surface area contributed by atoms with Gasteiger partial charge in [-0.2, -0.15) is 10.1 Å². The fourth-order valence-corrected chi connectivity index (χ4v) is 4.68. The summed E-state index contributed by atoms with van der Waals surface area (Å²) >= 11 is 26.5. The minimum absolute atomic E-state index is 0.288. The Bertz CT molecular complexity index is 1260. The first-order chi connectivity index (χ1) is 13.4. The van der Waals surface area contributed by atoms with Gasteiger partial charge in [-0.05, 0) is 24.5 Å². The Morgan fingerprint density at radius 1 is 1.04 bits per heavy atom. The summed E-state index contributed by atoms with van der Waals surface area (Å²) in [6.45, 7) is 0. The van der Waals surface area contributed by atoms with E-state index in [2.05, 4.69) is 15.1 Å². The number of aromatic amines is 1. The Morgan fingerprint density at radius 3 is 2.36 bits per heavy atom. The van der Waals surface area contributed by atoms with Crippen molar-refractivity contribution in [3.05, 3.63) is 67.0 Å². The van der Waals surface area contributed by atoms with Gasteiger partial charge in [0.05, 0.1) is 21.1 Å². The molecule has 2 heterocycles. The van der Waals surface area contributed by atoms with Crippen LogP contribution in [-0.2, 0) is 0 Å². The Hall–Kier alpha value is -1.70. The highest BCUT2D eigenvalue weighted by atomic mass is 35.5. The molecule has 4 rings (SSSR count). The average molecular weight is 472 g/mol. The van der Waals surface area contributed by atoms with Crippen molar-refractivity contribution in [1.29, 1.82) is 0 Å². The van der Waals surface area contributed by atoms with Crippen molar-refractivity contribution in [3.8, 4) is 16.9 Å². The van der Waals surface area contributed by atoms with E-state index in [1.807, 2.05) is 24.5 Å². The molecular weight excluding hydrogens is 462 g/mol. The summed E-state index contributed by atoms with van der Waals surface area (Å²) in [7, 11) is 0. The van der Waals surface area contributed by atoms with Gasteiger partial charge < -0.3 is 4.98 Å². The Kier molecular flexibility index (Phi) is 5.33. The molecule has 2 aromatic carbocycles. The molecule has 2 aromatic heterocycles. The fourth-order valence-electron chi connectivity index (χ4n) is 2.91. The van der Waals surface area contributed by atoms with E-state index < -0.39 is 5.69 Å². The Morgan fingerprint density at radius 2 is 1.71 bits per heavy atom. The second kappa shape index (κ2) is 7.61. The van der Waals surface area contributed by atoms with Gasteiger partial charge in [-0.3, -0.25) is 0 Å². The van der Waals surface area contributed by atoms with Gasteiger partial charge in [0.1, 0.15) is 10.7 Å². The van der Waals surface area contributed by atoms with Crippen molar-refractivity contribution in [2.75, 3.05) is 6.26 Å². The number of hydrogen-bond acceptors (Lipinski definition) is 4. The van der Waals surface area contributed by atoms with Crippen molar-refractivity contribution in [2.24, 2.45) is 0 Å². The summed E-state index contributed by atoms with van der Waals surface area (Å²) in [5, 5.41) is 7.33. The van der Waals surface area contributed by atoms with E-state index in [9.17, 15) is 4.79 Å². The molecule has 0 radical (unpaired) electrons. The third kappa shape index (κ3) is 3.29. The Balaban J connectivity index is 2.13. The maximum absolute atomic E-state index is 12.3. The molecular formula is C18H10Cl4N4OS. The van der Waals surface area contributed by atoms with Gasteiger partial charge >= 0.3 is 5.69 Å². The smallest absolute Gasteiger partial charge is 0.305 e. The van der Waals surface area contributed by atoms with Crippen LogP contribution in [0.25, 0.3) is 28.0 Å². The molecule has 0 aliphatic carbocycles. The molecule has 0 atom stereocenters. The minimum Gasteiger partial charge on any atom is -0.305 e. The summed E-state index contributed by atoms with van der Waals surface area (Å²) in [6.07, 6.45) is 1.87. The monoisotopic (exact) mass is 470 g/mol. The molecule has 5 nitrogen and oxygen atoms in total. The van der Waals surface area contributed by atoms with Gasteiger partial charge in [-0.1, -0.05) is 64.6 Å². The molecule has 0 spiro atoms. The van der Waals surface area contributed by atoms with Crippen molar-refractivity contribution >= 4 is 69.2 Å². The maximum atomic E-state index is 12.3. The van der Waals surface area contributed by atoms with Gasteiger partial charge in [-0.15, -0.1) is 11.8 Å². The predicted octanol–water partition coefficient (Wildman–Crippen LogP) is 6.11. The first-order valence-electron chi connectivity index (χ1n) is 7.87. The third-order valence-corrected chi connectivity index (χ3v) is 5.84. The van der Waals surface area contributed by atoms with Crippen LogP contribution < -0.4 is 5.69 Å². The molecule has 10 heteroatoms. The van der Waals surface area contributed by atoms with Crippen LogP contribution in [0.1, 0.15) is 0 Å². The number of aromatic nitrogens is 4.